The minimum absolute atomic E-state index is 0.315. The predicted octanol–water partition coefficient (Wildman–Crippen LogP) is 4.84. The van der Waals surface area contributed by atoms with E-state index in [0.29, 0.717) is 17.4 Å². The number of nitrogens with one attached hydrogen (secondary N) is 2. The Kier molecular flexibility index (Phi) is 5.23. The van der Waals surface area contributed by atoms with Crippen molar-refractivity contribution in [1.82, 2.24) is 20.2 Å². The fourth-order valence-electron chi connectivity index (χ4n) is 3.36. The van der Waals surface area contributed by atoms with Crippen molar-refractivity contribution in [3.05, 3.63) is 58.6 Å². The first-order chi connectivity index (χ1) is 13.0. The first-order valence-corrected chi connectivity index (χ1v) is 10.7. The highest BCUT2D eigenvalue weighted by Gasteiger charge is 2.18. The summed E-state index contributed by atoms with van der Waals surface area (Å²) in [4.78, 5) is 9.19. The number of fused-ring (bicyclic) bond motifs is 1. The molecule has 1 unspecified atom stereocenters. The van der Waals surface area contributed by atoms with Crippen molar-refractivity contribution in [1.29, 1.82) is 0 Å². The van der Waals surface area contributed by atoms with Crippen LogP contribution in [0.25, 0.3) is 16.6 Å². The van der Waals surface area contributed by atoms with E-state index in [2.05, 4.69) is 101 Å². The first kappa shape index (κ1) is 18.5. The molecule has 140 valence electrons. The van der Waals surface area contributed by atoms with Crippen molar-refractivity contribution >= 4 is 54.4 Å². The summed E-state index contributed by atoms with van der Waals surface area (Å²) in [5.41, 5.74) is 4.41. The zero-order valence-corrected chi connectivity index (χ0v) is 18.4. The molecule has 27 heavy (non-hydrogen) atoms. The lowest BCUT2D eigenvalue weighted by atomic mass is 10.1. The van der Waals surface area contributed by atoms with Gasteiger partial charge in [-0.05, 0) is 49.0 Å². The van der Waals surface area contributed by atoms with Crippen molar-refractivity contribution in [3.63, 3.8) is 0 Å². The topological polar surface area (TPSA) is 54.2 Å². The van der Waals surface area contributed by atoms with Crippen LogP contribution < -0.4 is 10.6 Å². The van der Waals surface area contributed by atoms with Crippen LogP contribution in [0.2, 0.25) is 0 Å². The Morgan fingerprint density at radius 1 is 1.37 bits per heavy atom. The summed E-state index contributed by atoms with van der Waals surface area (Å²) in [7, 11) is 0. The Hall–Kier alpha value is -1.86. The second-order valence-electron chi connectivity index (χ2n) is 6.93. The van der Waals surface area contributed by atoms with Crippen molar-refractivity contribution in [2.75, 3.05) is 6.54 Å². The molecule has 7 heteroatoms. The SMILES string of the molecule is CC(C)n1cc(C2=CCN=C(NC3=CC(Br)CC(Br)=C3)N2)c2ccncc21. The molecule has 5 nitrogen and oxygen atoms in total. The standard InChI is InChI=1S/C20H21Br2N5/c1-12(2)27-11-17(16-3-5-23-10-19(16)27)18-4-6-24-20(26-18)25-15-8-13(21)7-14(22)9-15/h3-5,8-13H,6-7H2,1-2H3,(H2,24,25,26). The number of pyridine rings is 1. The minimum atomic E-state index is 0.315. The number of hydrogen-bond acceptors (Lipinski definition) is 4. The van der Waals surface area contributed by atoms with E-state index in [0.717, 1.165) is 33.8 Å². The van der Waals surface area contributed by atoms with Crippen molar-refractivity contribution in [3.8, 4) is 0 Å². The summed E-state index contributed by atoms with van der Waals surface area (Å²) >= 11 is 7.25. The van der Waals surface area contributed by atoms with Crippen molar-refractivity contribution in [2.24, 2.45) is 4.99 Å². The van der Waals surface area contributed by atoms with E-state index in [1.54, 1.807) is 0 Å². The number of hydrogen-bond donors (Lipinski definition) is 2. The molecule has 2 aromatic heterocycles. The summed E-state index contributed by atoms with van der Waals surface area (Å²) in [6.07, 6.45) is 13.3. The van der Waals surface area contributed by atoms with Crippen LogP contribution in [0.5, 0.6) is 0 Å². The molecule has 1 aliphatic heterocycles. The maximum Gasteiger partial charge on any atom is 0.200 e. The molecule has 2 aromatic rings. The minimum Gasteiger partial charge on any atom is -0.343 e. The molecule has 0 radical (unpaired) electrons. The third-order valence-corrected chi connectivity index (χ3v) is 5.75. The molecule has 1 atom stereocenters. The third kappa shape index (κ3) is 3.89. The maximum absolute atomic E-state index is 4.57. The lowest BCUT2D eigenvalue weighted by molar-refractivity contribution is 0.622. The molecule has 2 N–H and O–H groups in total. The highest BCUT2D eigenvalue weighted by molar-refractivity contribution is 9.12. The Balaban J connectivity index is 1.60. The van der Waals surface area contributed by atoms with Gasteiger partial charge in [0.2, 0.25) is 5.96 Å². The van der Waals surface area contributed by atoms with E-state index < -0.39 is 0 Å². The van der Waals surface area contributed by atoms with Gasteiger partial charge in [0.15, 0.2) is 0 Å². The summed E-state index contributed by atoms with van der Waals surface area (Å²) < 4.78 is 3.42. The van der Waals surface area contributed by atoms with E-state index in [4.69, 9.17) is 0 Å². The molecule has 3 heterocycles. The molecule has 0 bridgehead atoms. The highest BCUT2D eigenvalue weighted by atomic mass is 79.9. The van der Waals surface area contributed by atoms with Gasteiger partial charge in [0.1, 0.15) is 0 Å². The van der Waals surface area contributed by atoms with Crippen LogP contribution in [-0.2, 0) is 0 Å². The molecule has 1 aliphatic carbocycles. The quantitative estimate of drug-likeness (QED) is 0.605. The van der Waals surface area contributed by atoms with Gasteiger partial charge in [-0.25, -0.2) is 4.99 Å². The van der Waals surface area contributed by atoms with Crippen LogP contribution in [-0.4, -0.2) is 26.9 Å². The summed E-state index contributed by atoms with van der Waals surface area (Å²) in [5, 5.41) is 8.05. The van der Waals surface area contributed by atoms with E-state index >= 15 is 0 Å². The second-order valence-corrected chi connectivity index (χ2v) is 9.12. The fourth-order valence-corrected chi connectivity index (χ4v) is 5.03. The summed E-state index contributed by atoms with van der Waals surface area (Å²) in [6.45, 7) is 5.01. The van der Waals surface area contributed by atoms with Gasteiger partial charge in [-0.2, -0.15) is 0 Å². The van der Waals surface area contributed by atoms with Crippen LogP contribution in [0.4, 0.5) is 0 Å². The zero-order valence-electron chi connectivity index (χ0n) is 15.2. The van der Waals surface area contributed by atoms with Gasteiger partial charge in [0.25, 0.3) is 0 Å². The number of guanidine groups is 1. The van der Waals surface area contributed by atoms with Gasteiger partial charge in [0, 0.05) is 45.6 Å². The Morgan fingerprint density at radius 3 is 3.00 bits per heavy atom. The van der Waals surface area contributed by atoms with E-state index in [9.17, 15) is 0 Å². The molecular formula is C20H21Br2N5. The normalized spacial score (nSPS) is 20.0. The molecule has 0 saturated heterocycles. The molecule has 2 aliphatic rings. The molecule has 0 fully saturated rings. The lowest BCUT2D eigenvalue weighted by Gasteiger charge is -2.21. The average molecular weight is 491 g/mol. The number of rotatable bonds is 3. The van der Waals surface area contributed by atoms with E-state index in [-0.39, 0.29) is 0 Å². The third-order valence-electron chi connectivity index (χ3n) is 4.61. The monoisotopic (exact) mass is 489 g/mol. The summed E-state index contributed by atoms with van der Waals surface area (Å²) in [6, 6.07) is 2.44. The predicted molar refractivity (Wildman–Crippen MR) is 119 cm³/mol. The average Bonchev–Trinajstić information content (AvgIpc) is 3.01. The largest absolute Gasteiger partial charge is 0.343 e. The van der Waals surface area contributed by atoms with Gasteiger partial charge in [-0.3, -0.25) is 4.98 Å². The number of nitrogens with zero attached hydrogens (tertiary/aromatic N) is 3. The number of halogens is 2. The Morgan fingerprint density at radius 2 is 2.22 bits per heavy atom. The van der Waals surface area contributed by atoms with E-state index in [1.165, 1.54) is 10.9 Å². The lowest BCUT2D eigenvalue weighted by Crippen LogP contribution is -2.38. The molecule has 0 spiro atoms. The molecule has 0 aromatic carbocycles. The molecule has 0 amide bonds. The smallest absolute Gasteiger partial charge is 0.200 e. The van der Waals surface area contributed by atoms with Gasteiger partial charge >= 0.3 is 0 Å². The van der Waals surface area contributed by atoms with E-state index in [1.807, 2.05) is 12.4 Å². The highest BCUT2D eigenvalue weighted by Crippen LogP contribution is 2.29. The molecule has 4 rings (SSSR count). The van der Waals surface area contributed by atoms with Crippen LogP contribution in [0.15, 0.2) is 58.1 Å². The number of allylic oxidation sites excluding steroid dienone is 3. The fraction of sp³-hybridized carbons (Fsp3) is 0.300. The number of aliphatic imine (C=N–C) groups is 1. The Bertz CT molecular complexity index is 997. The van der Waals surface area contributed by atoms with Crippen LogP contribution in [0.1, 0.15) is 31.9 Å². The molecular weight excluding hydrogens is 470 g/mol. The summed E-state index contributed by atoms with van der Waals surface area (Å²) in [5.74, 6) is 0.761. The Labute approximate surface area is 175 Å². The molecule has 0 saturated carbocycles. The van der Waals surface area contributed by atoms with Gasteiger partial charge in [0.05, 0.1) is 18.3 Å². The van der Waals surface area contributed by atoms with Crippen LogP contribution in [0.3, 0.4) is 0 Å². The van der Waals surface area contributed by atoms with Crippen LogP contribution >= 0.6 is 31.9 Å². The van der Waals surface area contributed by atoms with Gasteiger partial charge < -0.3 is 15.2 Å². The van der Waals surface area contributed by atoms with Crippen LogP contribution in [0, 0.1) is 0 Å². The van der Waals surface area contributed by atoms with Gasteiger partial charge in [-0.15, -0.1) is 0 Å². The van der Waals surface area contributed by atoms with Crippen molar-refractivity contribution < 1.29 is 0 Å². The maximum atomic E-state index is 4.57. The van der Waals surface area contributed by atoms with Gasteiger partial charge in [-0.1, -0.05) is 31.9 Å². The van der Waals surface area contributed by atoms with Crippen molar-refractivity contribution in [2.45, 2.75) is 31.1 Å². The first-order valence-electron chi connectivity index (χ1n) is 8.97. The zero-order chi connectivity index (χ0) is 19.0. The number of aromatic nitrogens is 2. The number of alkyl halides is 1. The second kappa shape index (κ2) is 7.64.